The number of hydrogen-bond acceptors (Lipinski definition) is 3. The van der Waals surface area contributed by atoms with Gasteiger partial charge in [-0.3, -0.25) is 0 Å². The lowest BCUT2D eigenvalue weighted by Crippen LogP contribution is -2.44. The Morgan fingerprint density at radius 3 is 2.48 bits per heavy atom. The lowest BCUT2D eigenvalue weighted by molar-refractivity contribution is -0.143. The zero-order valence-electron chi connectivity index (χ0n) is 13.3. The highest BCUT2D eigenvalue weighted by molar-refractivity contribution is 5.93. The monoisotopic (exact) mass is 292 g/mol. The van der Waals surface area contributed by atoms with Crippen LogP contribution in [0.15, 0.2) is 18.2 Å². The first-order chi connectivity index (χ1) is 9.83. The zero-order chi connectivity index (χ0) is 16.0. The summed E-state index contributed by atoms with van der Waals surface area (Å²) in [7, 11) is 1.32. The van der Waals surface area contributed by atoms with Gasteiger partial charge in [-0.15, -0.1) is 0 Å². The van der Waals surface area contributed by atoms with E-state index in [1.807, 2.05) is 45.9 Å². The molecule has 0 spiro atoms. The van der Waals surface area contributed by atoms with Crippen molar-refractivity contribution in [2.24, 2.45) is 5.92 Å². The summed E-state index contributed by atoms with van der Waals surface area (Å²) in [4.78, 5) is 23.7. The Bertz CT molecular complexity index is 512. The lowest BCUT2D eigenvalue weighted by Gasteiger charge is -2.19. The first-order valence-corrected chi connectivity index (χ1v) is 7.06. The number of hydrogen-bond donors (Lipinski definition) is 2. The van der Waals surface area contributed by atoms with Gasteiger partial charge in [0.15, 0.2) is 0 Å². The average molecular weight is 292 g/mol. The Balaban J connectivity index is 2.73. The van der Waals surface area contributed by atoms with Crippen molar-refractivity contribution in [1.82, 2.24) is 5.32 Å². The van der Waals surface area contributed by atoms with Crippen LogP contribution in [0.25, 0.3) is 0 Å². The van der Waals surface area contributed by atoms with E-state index in [1.165, 1.54) is 7.11 Å². The minimum atomic E-state index is -0.639. The Labute approximate surface area is 126 Å². The van der Waals surface area contributed by atoms with Gasteiger partial charge in [0.2, 0.25) is 0 Å². The first kappa shape index (κ1) is 17.0. The summed E-state index contributed by atoms with van der Waals surface area (Å²) in [5, 5.41) is 5.45. The molecule has 2 amide bonds. The van der Waals surface area contributed by atoms with Gasteiger partial charge >= 0.3 is 12.0 Å². The average Bonchev–Trinajstić information content (AvgIpc) is 2.40. The van der Waals surface area contributed by atoms with Gasteiger partial charge in [-0.25, -0.2) is 9.59 Å². The molecule has 0 aromatic heterocycles. The second kappa shape index (κ2) is 7.67. The standard InChI is InChI=1S/C16H24N2O3/c1-10(2)8-14(15(19)21-5)18-16(20)17-13-9-11(3)6-7-12(13)4/h6-7,9-10,14H,8H2,1-5H3,(H2,17,18,20). The minimum Gasteiger partial charge on any atom is -0.467 e. The van der Waals surface area contributed by atoms with Crippen molar-refractivity contribution in [3.63, 3.8) is 0 Å². The summed E-state index contributed by atoms with van der Waals surface area (Å²) >= 11 is 0. The summed E-state index contributed by atoms with van der Waals surface area (Å²) < 4.78 is 4.73. The molecular weight excluding hydrogens is 268 g/mol. The lowest BCUT2D eigenvalue weighted by atomic mass is 10.0. The number of rotatable bonds is 5. The zero-order valence-corrected chi connectivity index (χ0v) is 13.3. The normalized spacial score (nSPS) is 11.9. The molecular formula is C16H24N2O3. The number of carbonyl (C=O) groups excluding carboxylic acids is 2. The Hall–Kier alpha value is -2.04. The predicted octanol–water partition coefficient (Wildman–Crippen LogP) is 3.01. The maximum absolute atomic E-state index is 12.1. The Morgan fingerprint density at radius 2 is 1.90 bits per heavy atom. The molecule has 0 aliphatic rings. The van der Waals surface area contributed by atoms with Crippen molar-refractivity contribution in [2.75, 3.05) is 12.4 Å². The molecule has 0 radical (unpaired) electrons. The SMILES string of the molecule is COC(=O)C(CC(C)C)NC(=O)Nc1cc(C)ccc1C. The number of methoxy groups -OCH3 is 1. The first-order valence-electron chi connectivity index (χ1n) is 7.06. The molecule has 5 heteroatoms. The van der Waals surface area contributed by atoms with Crippen LogP contribution in [-0.4, -0.2) is 25.2 Å². The van der Waals surface area contributed by atoms with Crippen LogP contribution < -0.4 is 10.6 Å². The highest BCUT2D eigenvalue weighted by atomic mass is 16.5. The Morgan fingerprint density at radius 1 is 1.24 bits per heavy atom. The van der Waals surface area contributed by atoms with Crippen LogP contribution in [0, 0.1) is 19.8 Å². The number of benzene rings is 1. The molecule has 116 valence electrons. The van der Waals surface area contributed by atoms with E-state index in [4.69, 9.17) is 4.74 Å². The van der Waals surface area contributed by atoms with Crippen molar-refractivity contribution >= 4 is 17.7 Å². The molecule has 21 heavy (non-hydrogen) atoms. The fraction of sp³-hybridized carbons (Fsp3) is 0.500. The van der Waals surface area contributed by atoms with E-state index in [9.17, 15) is 9.59 Å². The quantitative estimate of drug-likeness (QED) is 0.820. The number of esters is 1. The van der Waals surface area contributed by atoms with Crippen LogP contribution >= 0.6 is 0 Å². The van der Waals surface area contributed by atoms with Crippen molar-refractivity contribution in [3.8, 4) is 0 Å². The van der Waals surface area contributed by atoms with Gasteiger partial charge in [-0.05, 0) is 43.4 Å². The summed E-state index contributed by atoms with van der Waals surface area (Å²) in [6, 6.07) is 4.77. The molecule has 1 atom stereocenters. The number of nitrogens with one attached hydrogen (secondary N) is 2. The van der Waals surface area contributed by atoms with Gasteiger partial charge in [0.1, 0.15) is 6.04 Å². The molecule has 1 aromatic carbocycles. The Kier molecular flexibility index (Phi) is 6.21. The van der Waals surface area contributed by atoms with Crippen LogP contribution in [0.4, 0.5) is 10.5 Å². The molecule has 1 unspecified atom stereocenters. The molecule has 0 heterocycles. The molecule has 5 nitrogen and oxygen atoms in total. The van der Waals surface area contributed by atoms with Gasteiger partial charge in [-0.2, -0.15) is 0 Å². The van der Waals surface area contributed by atoms with Crippen LogP contribution in [0.5, 0.6) is 0 Å². The number of carbonyl (C=O) groups is 2. The van der Waals surface area contributed by atoms with E-state index in [-0.39, 0.29) is 5.92 Å². The molecule has 1 aromatic rings. The number of urea groups is 1. The second-order valence-electron chi connectivity index (χ2n) is 5.62. The molecule has 1 rings (SSSR count). The van der Waals surface area contributed by atoms with E-state index in [2.05, 4.69) is 10.6 Å². The van der Waals surface area contributed by atoms with E-state index in [0.717, 1.165) is 16.8 Å². The molecule has 0 bridgehead atoms. The van der Waals surface area contributed by atoms with Gasteiger partial charge in [0, 0.05) is 5.69 Å². The number of anilines is 1. The summed E-state index contributed by atoms with van der Waals surface area (Å²) in [5.74, 6) is -0.157. The van der Waals surface area contributed by atoms with Gasteiger partial charge < -0.3 is 15.4 Å². The second-order valence-corrected chi connectivity index (χ2v) is 5.62. The van der Waals surface area contributed by atoms with Crippen molar-refractivity contribution in [2.45, 2.75) is 40.2 Å². The smallest absolute Gasteiger partial charge is 0.328 e. The van der Waals surface area contributed by atoms with Crippen LogP contribution in [0.2, 0.25) is 0 Å². The van der Waals surface area contributed by atoms with Crippen molar-refractivity contribution < 1.29 is 14.3 Å². The van der Waals surface area contributed by atoms with E-state index >= 15 is 0 Å². The van der Waals surface area contributed by atoms with Crippen LogP contribution in [0.1, 0.15) is 31.4 Å². The third-order valence-corrected chi connectivity index (χ3v) is 3.14. The van der Waals surface area contributed by atoms with Crippen LogP contribution in [0.3, 0.4) is 0 Å². The fourth-order valence-corrected chi connectivity index (χ4v) is 2.01. The summed E-state index contributed by atoms with van der Waals surface area (Å²) in [6.45, 7) is 7.85. The topological polar surface area (TPSA) is 67.4 Å². The number of ether oxygens (including phenoxy) is 1. The maximum atomic E-state index is 12.1. The van der Waals surface area contributed by atoms with Crippen molar-refractivity contribution in [1.29, 1.82) is 0 Å². The van der Waals surface area contributed by atoms with Gasteiger partial charge in [0.25, 0.3) is 0 Å². The molecule has 0 aliphatic heterocycles. The molecule has 0 saturated carbocycles. The van der Waals surface area contributed by atoms with Gasteiger partial charge in [-0.1, -0.05) is 26.0 Å². The maximum Gasteiger partial charge on any atom is 0.328 e. The molecule has 0 aliphatic carbocycles. The van der Waals surface area contributed by atoms with E-state index < -0.39 is 18.0 Å². The number of aryl methyl sites for hydroxylation is 2. The molecule has 2 N–H and O–H groups in total. The largest absolute Gasteiger partial charge is 0.467 e. The highest BCUT2D eigenvalue weighted by Gasteiger charge is 2.22. The van der Waals surface area contributed by atoms with E-state index in [0.29, 0.717) is 6.42 Å². The third kappa shape index (κ3) is 5.45. The van der Waals surface area contributed by atoms with Gasteiger partial charge in [0.05, 0.1) is 7.11 Å². The number of amides is 2. The van der Waals surface area contributed by atoms with Crippen LogP contribution in [-0.2, 0) is 9.53 Å². The third-order valence-electron chi connectivity index (χ3n) is 3.14. The minimum absolute atomic E-state index is 0.273. The highest BCUT2D eigenvalue weighted by Crippen LogP contribution is 2.16. The van der Waals surface area contributed by atoms with E-state index in [1.54, 1.807) is 0 Å². The predicted molar refractivity (Wildman–Crippen MR) is 83.3 cm³/mol. The van der Waals surface area contributed by atoms with Crippen molar-refractivity contribution in [3.05, 3.63) is 29.3 Å². The fourth-order valence-electron chi connectivity index (χ4n) is 2.01. The molecule has 0 fully saturated rings. The summed E-state index contributed by atoms with van der Waals surface area (Å²) in [6.07, 6.45) is 0.535. The summed E-state index contributed by atoms with van der Waals surface area (Å²) in [5.41, 5.74) is 2.76. The molecule has 0 saturated heterocycles.